The van der Waals surface area contributed by atoms with Gasteiger partial charge in [0.2, 0.25) is 0 Å². The van der Waals surface area contributed by atoms with Gasteiger partial charge >= 0.3 is 13.8 Å². The molecule has 1 rings (SSSR count). The largest absolute Gasteiger partial charge is 0.472 e. The van der Waals surface area contributed by atoms with E-state index in [2.05, 4.69) is 9.05 Å². The van der Waals surface area contributed by atoms with E-state index < -0.39 is 69.7 Å². The molecule has 1 saturated carbocycles. The molecule has 1 fully saturated rings. The Kier molecular flexibility index (Phi) is 10.4. The van der Waals surface area contributed by atoms with Gasteiger partial charge in [0.05, 0.1) is 6.61 Å². The smallest absolute Gasteiger partial charge is 0.463 e. The molecule has 0 spiro atoms. The highest BCUT2D eigenvalue weighted by molar-refractivity contribution is 7.47. The van der Waals surface area contributed by atoms with Crippen LogP contribution in [0.4, 0.5) is 0 Å². The summed E-state index contributed by atoms with van der Waals surface area (Å²) in [5.74, 6) is -0.536. The van der Waals surface area contributed by atoms with Crippen molar-refractivity contribution in [1.82, 2.24) is 0 Å². The maximum atomic E-state index is 11.9. The van der Waals surface area contributed by atoms with Gasteiger partial charge in [-0.15, -0.1) is 0 Å². The van der Waals surface area contributed by atoms with Crippen LogP contribution in [0, 0.1) is 0 Å². The lowest BCUT2D eigenvalue weighted by atomic mass is 9.85. The zero-order valence-electron chi connectivity index (χ0n) is 15.4. The predicted octanol–water partition coefficient (Wildman–Crippen LogP) is -2.21. The Balaban J connectivity index is 2.46. The van der Waals surface area contributed by atoms with Gasteiger partial charge in [-0.05, 0) is 6.42 Å². The average molecular weight is 432 g/mol. The molecular weight excluding hydrogens is 403 g/mol. The Morgan fingerprint density at radius 2 is 1.50 bits per heavy atom. The number of rotatable bonds is 11. The SMILES string of the molecule is CCCCCC(=O)OCC(O)COP(=O)(O)OC1C(O)C(O)C(O)C(O)C1O. The molecule has 12 nitrogen and oxygen atoms in total. The fraction of sp³-hybridized carbons (Fsp3) is 0.933. The van der Waals surface area contributed by atoms with Crippen molar-refractivity contribution in [1.29, 1.82) is 0 Å². The maximum absolute atomic E-state index is 11.9. The number of hydrogen-bond acceptors (Lipinski definition) is 11. The van der Waals surface area contributed by atoms with Crippen LogP contribution in [0.2, 0.25) is 0 Å². The lowest BCUT2D eigenvalue weighted by Crippen LogP contribution is -2.64. The highest BCUT2D eigenvalue weighted by atomic mass is 31.2. The number of aliphatic hydroxyl groups excluding tert-OH is 6. The molecule has 7 N–H and O–H groups in total. The molecule has 6 atom stereocenters. The van der Waals surface area contributed by atoms with E-state index in [4.69, 9.17) is 4.74 Å². The van der Waals surface area contributed by atoms with Crippen LogP contribution < -0.4 is 0 Å². The first-order chi connectivity index (χ1) is 13.0. The van der Waals surface area contributed by atoms with Gasteiger partial charge in [-0.3, -0.25) is 13.8 Å². The summed E-state index contributed by atoms with van der Waals surface area (Å²) in [5, 5.41) is 57.8. The highest BCUT2D eigenvalue weighted by Crippen LogP contribution is 2.47. The van der Waals surface area contributed by atoms with Crippen molar-refractivity contribution in [2.24, 2.45) is 0 Å². The minimum Gasteiger partial charge on any atom is -0.463 e. The second-order valence-electron chi connectivity index (χ2n) is 6.58. The molecule has 1 aliphatic rings. The van der Waals surface area contributed by atoms with E-state index in [1.807, 2.05) is 6.92 Å². The fourth-order valence-electron chi connectivity index (χ4n) is 2.51. The summed E-state index contributed by atoms with van der Waals surface area (Å²) in [7, 11) is -4.96. The molecule has 0 amide bonds. The van der Waals surface area contributed by atoms with Gasteiger partial charge in [0, 0.05) is 6.42 Å². The van der Waals surface area contributed by atoms with Gasteiger partial charge in [0.1, 0.15) is 49.3 Å². The third-order valence-corrected chi connectivity index (χ3v) is 5.16. The normalized spacial score (nSPS) is 33.9. The topological polar surface area (TPSA) is 203 Å². The quantitative estimate of drug-likeness (QED) is 0.105. The second kappa shape index (κ2) is 11.5. The minimum atomic E-state index is -4.96. The fourth-order valence-corrected chi connectivity index (χ4v) is 3.49. The monoisotopic (exact) mass is 432 g/mol. The molecule has 6 unspecified atom stereocenters. The van der Waals surface area contributed by atoms with E-state index in [9.17, 15) is 44.9 Å². The summed E-state index contributed by atoms with van der Waals surface area (Å²) in [6, 6.07) is 0. The molecule has 0 bridgehead atoms. The Bertz CT molecular complexity index is 515. The number of carbonyl (C=O) groups is 1. The standard InChI is InChI=1S/C15H29O12P/c1-2-3-4-5-9(17)25-6-8(16)7-26-28(23,24)27-15-13(21)11(19)10(18)12(20)14(15)22/h8,10-16,18-22H,2-7H2,1H3,(H,23,24). The van der Waals surface area contributed by atoms with E-state index >= 15 is 0 Å². The Hall–Kier alpha value is -0.660. The Morgan fingerprint density at radius 3 is 2.04 bits per heavy atom. The molecule has 28 heavy (non-hydrogen) atoms. The summed E-state index contributed by atoms with van der Waals surface area (Å²) in [6.45, 7) is 0.711. The van der Waals surface area contributed by atoms with Crippen LogP contribution in [0.1, 0.15) is 32.6 Å². The van der Waals surface area contributed by atoms with Gasteiger partial charge in [-0.2, -0.15) is 0 Å². The third kappa shape index (κ3) is 7.64. The molecule has 0 aliphatic heterocycles. The zero-order valence-corrected chi connectivity index (χ0v) is 16.3. The first-order valence-corrected chi connectivity index (χ1v) is 10.4. The summed E-state index contributed by atoms with van der Waals surface area (Å²) in [4.78, 5) is 21.1. The van der Waals surface area contributed by atoms with Crippen LogP contribution in [0.5, 0.6) is 0 Å². The predicted molar refractivity (Wildman–Crippen MR) is 91.8 cm³/mol. The molecule has 0 saturated heterocycles. The summed E-state index contributed by atoms with van der Waals surface area (Å²) in [5.41, 5.74) is 0. The average Bonchev–Trinajstić information content (AvgIpc) is 2.65. The van der Waals surface area contributed by atoms with Crippen LogP contribution in [0.25, 0.3) is 0 Å². The first kappa shape index (κ1) is 25.4. The third-order valence-electron chi connectivity index (χ3n) is 4.18. The van der Waals surface area contributed by atoms with Gasteiger partial charge in [-0.1, -0.05) is 19.8 Å². The van der Waals surface area contributed by atoms with E-state index in [-0.39, 0.29) is 6.42 Å². The van der Waals surface area contributed by atoms with Crippen molar-refractivity contribution < 1.29 is 58.7 Å². The Labute approximate surface area is 161 Å². The summed E-state index contributed by atoms with van der Waals surface area (Å²) < 4.78 is 25.8. The highest BCUT2D eigenvalue weighted by Gasteiger charge is 2.51. The second-order valence-corrected chi connectivity index (χ2v) is 7.99. The van der Waals surface area contributed by atoms with Crippen molar-refractivity contribution in [3.8, 4) is 0 Å². The van der Waals surface area contributed by atoms with Crippen LogP contribution in [-0.4, -0.2) is 97.4 Å². The van der Waals surface area contributed by atoms with Crippen LogP contribution >= 0.6 is 7.82 Å². The number of phosphoric ester groups is 1. The van der Waals surface area contributed by atoms with Gasteiger partial charge in [0.15, 0.2) is 0 Å². The first-order valence-electron chi connectivity index (χ1n) is 8.90. The van der Waals surface area contributed by atoms with Crippen molar-refractivity contribution in [2.45, 2.75) is 75.3 Å². The van der Waals surface area contributed by atoms with Crippen LogP contribution in [0.15, 0.2) is 0 Å². The summed E-state index contributed by atoms with van der Waals surface area (Å²) >= 11 is 0. The lowest BCUT2D eigenvalue weighted by Gasteiger charge is -2.41. The maximum Gasteiger partial charge on any atom is 0.472 e. The zero-order chi connectivity index (χ0) is 21.5. The minimum absolute atomic E-state index is 0.178. The van der Waals surface area contributed by atoms with Crippen molar-refractivity contribution in [3.05, 3.63) is 0 Å². The number of phosphoric acid groups is 1. The van der Waals surface area contributed by atoms with Crippen molar-refractivity contribution in [3.63, 3.8) is 0 Å². The molecule has 0 aromatic rings. The Morgan fingerprint density at radius 1 is 0.964 bits per heavy atom. The number of carbonyl (C=O) groups excluding carboxylic acids is 1. The number of esters is 1. The number of ether oxygens (including phenoxy) is 1. The van der Waals surface area contributed by atoms with Gasteiger partial charge in [0.25, 0.3) is 0 Å². The molecular formula is C15H29O12P. The molecule has 0 heterocycles. The van der Waals surface area contributed by atoms with E-state index in [0.29, 0.717) is 6.42 Å². The number of unbranched alkanes of at least 4 members (excludes halogenated alkanes) is 2. The molecule has 13 heteroatoms. The van der Waals surface area contributed by atoms with Crippen LogP contribution in [0.3, 0.4) is 0 Å². The van der Waals surface area contributed by atoms with Gasteiger partial charge in [-0.25, -0.2) is 4.57 Å². The van der Waals surface area contributed by atoms with E-state index in [0.717, 1.165) is 12.8 Å². The molecule has 0 aromatic carbocycles. The molecule has 166 valence electrons. The molecule has 0 radical (unpaired) electrons. The van der Waals surface area contributed by atoms with E-state index in [1.165, 1.54) is 0 Å². The van der Waals surface area contributed by atoms with Crippen LogP contribution in [-0.2, 0) is 23.1 Å². The molecule has 1 aliphatic carbocycles. The lowest BCUT2D eigenvalue weighted by molar-refractivity contribution is -0.220. The number of aliphatic hydroxyl groups is 6. The summed E-state index contributed by atoms with van der Waals surface area (Å²) in [6.07, 6.45) is -10.6. The van der Waals surface area contributed by atoms with Crippen molar-refractivity contribution >= 4 is 13.8 Å². The molecule has 0 aromatic heterocycles. The van der Waals surface area contributed by atoms with E-state index in [1.54, 1.807) is 0 Å². The van der Waals surface area contributed by atoms with Gasteiger partial charge < -0.3 is 40.3 Å². The number of hydrogen-bond donors (Lipinski definition) is 7. The van der Waals surface area contributed by atoms with Crippen molar-refractivity contribution in [2.75, 3.05) is 13.2 Å².